The number of thiocarbonyl (C=S) groups is 1. The molecule has 0 aromatic heterocycles. The third kappa shape index (κ3) is 2.57. The van der Waals surface area contributed by atoms with Crippen molar-refractivity contribution in [2.24, 2.45) is 5.84 Å². The minimum absolute atomic E-state index is 0.346. The molecule has 0 spiro atoms. The summed E-state index contributed by atoms with van der Waals surface area (Å²) in [5, 5.41) is 3.90. The quantitative estimate of drug-likeness (QED) is 0.392. The minimum Gasteiger partial charge on any atom is -0.330 e. The van der Waals surface area contributed by atoms with Crippen LogP contribution in [0, 0.1) is 13.8 Å². The lowest BCUT2D eigenvalue weighted by Crippen LogP contribution is -2.34. The van der Waals surface area contributed by atoms with E-state index in [1.54, 1.807) is 0 Å². The smallest absolute Gasteiger partial charge is 0.185 e. The number of benzene rings is 1. The predicted octanol–water partition coefficient (Wildman–Crippen LogP) is 2.12. The molecule has 3 nitrogen and oxygen atoms in total. The Morgan fingerprint density at radius 3 is 2.57 bits per heavy atom. The van der Waals surface area contributed by atoms with Gasteiger partial charge in [0.1, 0.15) is 0 Å². The molecule has 0 aliphatic rings. The van der Waals surface area contributed by atoms with Crippen LogP contribution in [0.4, 0.5) is 5.69 Å². The van der Waals surface area contributed by atoms with Gasteiger partial charge in [-0.15, -0.1) is 0 Å². The molecule has 14 heavy (non-hydrogen) atoms. The van der Waals surface area contributed by atoms with E-state index in [-0.39, 0.29) is 0 Å². The number of hydrogen-bond acceptors (Lipinski definition) is 2. The summed E-state index contributed by atoms with van der Waals surface area (Å²) >= 11 is 10.9. The largest absolute Gasteiger partial charge is 0.330 e. The van der Waals surface area contributed by atoms with Gasteiger partial charge in [0.05, 0.1) is 10.7 Å². The monoisotopic (exact) mass is 229 g/mol. The standard InChI is InChI=1S/C9H12ClN3S/c1-5-3-6(2)8(7(10)4-5)12-9(14)13-11/h3-4H,11H2,1-2H3,(H2,12,13,14). The van der Waals surface area contributed by atoms with Crippen LogP contribution in [0.3, 0.4) is 0 Å². The highest BCUT2D eigenvalue weighted by Crippen LogP contribution is 2.26. The van der Waals surface area contributed by atoms with Gasteiger partial charge in [0.2, 0.25) is 0 Å². The number of aryl methyl sites for hydroxylation is 2. The maximum absolute atomic E-state index is 6.05. The van der Waals surface area contributed by atoms with Crippen LogP contribution in [-0.2, 0) is 0 Å². The second-order valence-corrected chi connectivity index (χ2v) is 3.85. The third-order valence-corrected chi connectivity index (χ3v) is 2.32. The van der Waals surface area contributed by atoms with Gasteiger partial charge in [-0.3, -0.25) is 0 Å². The highest BCUT2D eigenvalue weighted by atomic mass is 35.5. The molecule has 1 rings (SSSR count). The number of anilines is 1. The van der Waals surface area contributed by atoms with Crippen LogP contribution in [0.1, 0.15) is 11.1 Å². The molecule has 0 aliphatic carbocycles. The highest BCUT2D eigenvalue weighted by molar-refractivity contribution is 7.80. The fraction of sp³-hybridized carbons (Fsp3) is 0.222. The minimum atomic E-state index is 0.346. The number of nitrogens with two attached hydrogens (primary N) is 1. The molecule has 76 valence electrons. The van der Waals surface area contributed by atoms with Gasteiger partial charge in [0.15, 0.2) is 5.11 Å². The summed E-state index contributed by atoms with van der Waals surface area (Å²) < 4.78 is 0. The van der Waals surface area contributed by atoms with Crippen LogP contribution >= 0.6 is 23.8 Å². The van der Waals surface area contributed by atoms with E-state index in [0.717, 1.165) is 16.8 Å². The average Bonchev–Trinajstić information content (AvgIpc) is 2.10. The Balaban J connectivity index is 3.02. The Morgan fingerprint density at radius 1 is 1.43 bits per heavy atom. The summed E-state index contributed by atoms with van der Waals surface area (Å²) in [6, 6.07) is 3.89. The second-order valence-electron chi connectivity index (χ2n) is 3.04. The zero-order valence-corrected chi connectivity index (χ0v) is 9.59. The lowest BCUT2D eigenvalue weighted by Gasteiger charge is -2.12. The van der Waals surface area contributed by atoms with Crippen molar-refractivity contribution in [3.05, 3.63) is 28.3 Å². The molecule has 0 saturated carbocycles. The van der Waals surface area contributed by atoms with Gasteiger partial charge in [0, 0.05) is 0 Å². The first-order chi connectivity index (χ1) is 6.54. The van der Waals surface area contributed by atoms with E-state index >= 15 is 0 Å². The maximum atomic E-state index is 6.05. The summed E-state index contributed by atoms with van der Waals surface area (Å²) in [5.41, 5.74) is 5.29. The van der Waals surface area contributed by atoms with Crippen LogP contribution in [0.15, 0.2) is 12.1 Å². The molecular weight excluding hydrogens is 218 g/mol. The van der Waals surface area contributed by atoms with Crippen molar-refractivity contribution in [2.45, 2.75) is 13.8 Å². The molecule has 0 bridgehead atoms. The summed E-state index contributed by atoms with van der Waals surface area (Å²) in [6.45, 7) is 3.95. The Labute approximate surface area is 93.6 Å². The summed E-state index contributed by atoms with van der Waals surface area (Å²) in [5.74, 6) is 5.15. The number of nitrogens with one attached hydrogen (secondary N) is 2. The zero-order chi connectivity index (χ0) is 10.7. The van der Waals surface area contributed by atoms with Crippen LogP contribution < -0.4 is 16.6 Å². The summed E-state index contributed by atoms with van der Waals surface area (Å²) in [4.78, 5) is 0. The average molecular weight is 230 g/mol. The molecule has 0 radical (unpaired) electrons. The Kier molecular flexibility index (Phi) is 3.69. The SMILES string of the molecule is Cc1cc(C)c(NC(=S)NN)c(Cl)c1. The van der Waals surface area contributed by atoms with Gasteiger partial charge < -0.3 is 10.7 Å². The molecule has 0 unspecified atom stereocenters. The molecular formula is C9H12ClN3S. The van der Waals surface area contributed by atoms with E-state index in [1.807, 2.05) is 26.0 Å². The number of rotatable bonds is 1. The Hall–Kier alpha value is -0.840. The van der Waals surface area contributed by atoms with Gasteiger partial charge in [-0.2, -0.15) is 0 Å². The fourth-order valence-electron chi connectivity index (χ4n) is 1.22. The normalized spacial score (nSPS) is 9.71. The van der Waals surface area contributed by atoms with Gasteiger partial charge in [-0.1, -0.05) is 17.7 Å². The lowest BCUT2D eigenvalue weighted by molar-refractivity contribution is 1.04. The third-order valence-electron chi connectivity index (χ3n) is 1.80. The van der Waals surface area contributed by atoms with Crippen LogP contribution in [0.5, 0.6) is 0 Å². The van der Waals surface area contributed by atoms with E-state index < -0.39 is 0 Å². The molecule has 0 saturated heterocycles. The van der Waals surface area contributed by atoms with Gasteiger partial charge in [-0.05, 0) is 43.3 Å². The van der Waals surface area contributed by atoms with Crippen LogP contribution in [0.2, 0.25) is 5.02 Å². The first-order valence-electron chi connectivity index (χ1n) is 4.09. The van der Waals surface area contributed by atoms with Gasteiger partial charge in [0.25, 0.3) is 0 Å². The van der Waals surface area contributed by atoms with Crippen molar-refractivity contribution < 1.29 is 0 Å². The van der Waals surface area contributed by atoms with Crippen LogP contribution in [0.25, 0.3) is 0 Å². The summed E-state index contributed by atoms with van der Waals surface area (Å²) in [7, 11) is 0. The topological polar surface area (TPSA) is 50.1 Å². The van der Waals surface area contributed by atoms with Gasteiger partial charge >= 0.3 is 0 Å². The number of hydrazine groups is 1. The second kappa shape index (κ2) is 4.59. The molecule has 0 amide bonds. The molecule has 5 heteroatoms. The van der Waals surface area contributed by atoms with E-state index in [1.165, 1.54) is 0 Å². The fourth-order valence-corrected chi connectivity index (χ4v) is 1.69. The van der Waals surface area contributed by atoms with Gasteiger partial charge in [-0.25, -0.2) is 5.84 Å². The van der Waals surface area contributed by atoms with Crippen molar-refractivity contribution in [2.75, 3.05) is 5.32 Å². The molecule has 4 N–H and O–H groups in total. The lowest BCUT2D eigenvalue weighted by atomic mass is 10.1. The highest BCUT2D eigenvalue weighted by Gasteiger charge is 2.05. The number of hydrogen-bond donors (Lipinski definition) is 3. The Bertz CT molecular complexity index is 342. The van der Waals surface area contributed by atoms with E-state index in [9.17, 15) is 0 Å². The molecule has 0 atom stereocenters. The first kappa shape index (κ1) is 11.2. The van der Waals surface area contributed by atoms with Crippen molar-refractivity contribution in [3.63, 3.8) is 0 Å². The van der Waals surface area contributed by atoms with Crippen molar-refractivity contribution in [1.82, 2.24) is 5.43 Å². The maximum Gasteiger partial charge on any atom is 0.185 e. The molecule has 0 heterocycles. The molecule has 0 aliphatic heterocycles. The van der Waals surface area contributed by atoms with E-state index in [0.29, 0.717) is 10.1 Å². The Morgan fingerprint density at radius 2 is 2.07 bits per heavy atom. The molecule has 1 aromatic rings. The molecule has 0 fully saturated rings. The zero-order valence-electron chi connectivity index (χ0n) is 8.02. The van der Waals surface area contributed by atoms with E-state index in [2.05, 4.69) is 10.7 Å². The van der Waals surface area contributed by atoms with E-state index in [4.69, 9.17) is 29.7 Å². The van der Waals surface area contributed by atoms with Crippen LogP contribution in [-0.4, -0.2) is 5.11 Å². The summed E-state index contributed by atoms with van der Waals surface area (Å²) in [6.07, 6.45) is 0. The van der Waals surface area contributed by atoms with Crippen molar-refractivity contribution in [3.8, 4) is 0 Å². The first-order valence-corrected chi connectivity index (χ1v) is 4.87. The van der Waals surface area contributed by atoms with Crippen molar-refractivity contribution >= 4 is 34.6 Å². The number of halogens is 1. The predicted molar refractivity (Wildman–Crippen MR) is 64.5 cm³/mol. The van der Waals surface area contributed by atoms with Crippen molar-refractivity contribution in [1.29, 1.82) is 0 Å². The molecule has 1 aromatic carbocycles.